The first kappa shape index (κ1) is 21.8. The molecule has 0 aliphatic carbocycles. The highest BCUT2D eigenvalue weighted by Gasteiger charge is 2.53. The fourth-order valence-corrected chi connectivity index (χ4v) is 5.38. The lowest BCUT2D eigenvalue weighted by Gasteiger charge is -2.35. The number of rotatable bonds is 3. The van der Waals surface area contributed by atoms with Crippen molar-refractivity contribution in [2.75, 3.05) is 5.75 Å². The molecular formula is C22H19F2N5O2S. The molecule has 3 aromatic rings. The van der Waals surface area contributed by atoms with E-state index in [4.69, 9.17) is 12.3 Å². The number of hydrogen-bond acceptors (Lipinski definition) is 6. The Morgan fingerprint density at radius 1 is 1.22 bits per heavy atom. The zero-order valence-corrected chi connectivity index (χ0v) is 18.1. The van der Waals surface area contributed by atoms with Gasteiger partial charge in [0.15, 0.2) is 9.84 Å². The zero-order valence-electron chi connectivity index (χ0n) is 17.3. The molecule has 0 unspecified atom stereocenters. The highest BCUT2D eigenvalue weighted by Crippen LogP contribution is 2.39. The van der Waals surface area contributed by atoms with Gasteiger partial charge in [-0.25, -0.2) is 22.0 Å². The van der Waals surface area contributed by atoms with Gasteiger partial charge in [0, 0.05) is 24.4 Å². The van der Waals surface area contributed by atoms with Gasteiger partial charge in [-0.3, -0.25) is 15.0 Å². The molecule has 164 valence electrons. The molecule has 3 heterocycles. The molecule has 0 fully saturated rings. The number of fused-ring (bicyclic) bond motifs is 1. The topological polar surface area (TPSA) is 103 Å². The Morgan fingerprint density at radius 2 is 1.97 bits per heavy atom. The van der Waals surface area contributed by atoms with E-state index in [1.807, 2.05) is 0 Å². The van der Waals surface area contributed by atoms with Crippen molar-refractivity contribution in [2.45, 2.75) is 30.8 Å². The van der Waals surface area contributed by atoms with E-state index in [2.05, 4.69) is 19.8 Å². The van der Waals surface area contributed by atoms with Gasteiger partial charge in [-0.2, -0.15) is 0 Å². The van der Waals surface area contributed by atoms with E-state index in [0.717, 1.165) is 12.3 Å². The van der Waals surface area contributed by atoms with Crippen molar-refractivity contribution in [2.24, 2.45) is 10.7 Å². The second-order valence-corrected chi connectivity index (χ2v) is 10.4. The van der Waals surface area contributed by atoms with Gasteiger partial charge in [0.1, 0.15) is 17.2 Å². The van der Waals surface area contributed by atoms with E-state index in [1.54, 1.807) is 24.4 Å². The molecule has 1 aromatic carbocycles. The monoisotopic (exact) mass is 455 g/mol. The molecular weight excluding hydrogens is 436 g/mol. The maximum Gasteiger partial charge on any atom is 0.263 e. The third-order valence-corrected chi connectivity index (χ3v) is 7.97. The lowest BCUT2D eigenvalue weighted by atomic mass is 9.91. The molecule has 10 heteroatoms. The molecule has 2 N–H and O–H groups in total. The summed E-state index contributed by atoms with van der Waals surface area (Å²) < 4.78 is 54.4. The average molecular weight is 455 g/mol. The van der Waals surface area contributed by atoms with Crippen molar-refractivity contribution in [1.29, 1.82) is 0 Å². The maximum atomic E-state index is 14.8. The van der Waals surface area contributed by atoms with Crippen LogP contribution in [0.4, 0.5) is 14.5 Å². The molecule has 0 bridgehead atoms. The molecule has 7 nitrogen and oxygen atoms in total. The minimum atomic E-state index is -4.33. The van der Waals surface area contributed by atoms with Crippen LogP contribution in [0.1, 0.15) is 30.7 Å². The first-order valence-corrected chi connectivity index (χ1v) is 11.3. The molecule has 32 heavy (non-hydrogen) atoms. The quantitative estimate of drug-likeness (QED) is 0.608. The summed E-state index contributed by atoms with van der Waals surface area (Å²) >= 11 is 0. The highest BCUT2D eigenvalue weighted by molar-refractivity contribution is 7.93. The number of nitrogens with two attached hydrogens (primary N) is 1. The summed E-state index contributed by atoms with van der Waals surface area (Å²) in [6, 6.07) is 7.72. The van der Waals surface area contributed by atoms with Crippen LogP contribution in [0.25, 0.3) is 15.7 Å². The van der Waals surface area contributed by atoms with Gasteiger partial charge in [0.2, 0.25) is 5.69 Å². The summed E-state index contributed by atoms with van der Waals surface area (Å²) in [7, 11) is -4.33. The van der Waals surface area contributed by atoms with Crippen LogP contribution in [-0.2, 0) is 21.8 Å². The molecule has 0 radical (unpaired) electrons. The fraction of sp³-hybridized carbons (Fsp3) is 0.273. The summed E-state index contributed by atoms with van der Waals surface area (Å²) in [5, 5.41) is -2.06. The van der Waals surface area contributed by atoms with Crippen LogP contribution in [0.5, 0.6) is 0 Å². The Morgan fingerprint density at radius 3 is 2.66 bits per heavy atom. The smallest absolute Gasteiger partial charge is 0.263 e. The predicted octanol–water partition coefficient (Wildman–Crippen LogP) is 3.60. The number of halogens is 2. The van der Waals surface area contributed by atoms with Crippen LogP contribution in [-0.4, -0.2) is 35.0 Å². The van der Waals surface area contributed by atoms with E-state index in [0.29, 0.717) is 22.5 Å². The summed E-state index contributed by atoms with van der Waals surface area (Å²) in [5.41, 5.74) is 6.31. The van der Waals surface area contributed by atoms with Crippen molar-refractivity contribution >= 4 is 32.3 Å². The van der Waals surface area contributed by atoms with Crippen LogP contribution in [0.3, 0.4) is 0 Å². The van der Waals surface area contributed by atoms with Gasteiger partial charge < -0.3 is 5.73 Å². The Balaban J connectivity index is 1.78. The average Bonchev–Trinajstić information content (AvgIpc) is 2.73. The number of nitrogens with zero attached hydrogens (tertiary/aromatic N) is 4. The third kappa shape index (κ3) is 3.48. The van der Waals surface area contributed by atoms with Crippen LogP contribution in [0.2, 0.25) is 0 Å². The van der Waals surface area contributed by atoms with Crippen molar-refractivity contribution in [3.63, 3.8) is 0 Å². The number of amidine groups is 1. The van der Waals surface area contributed by atoms with Crippen LogP contribution >= 0.6 is 0 Å². The Labute approximate surface area is 183 Å². The number of alkyl halides is 1. The van der Waals surface area contributed by atoms with Crippen molar-refractivity contribution < 1.29 is 17.2 Å². The first-order valence-electron chi connectivity index (χ1n) is 9.64. The molecule has 0 saturated carbocycles. The molecule has 1 aliphatic heterocycles. The van der Waals surface area contributed by atoms with Gasteiger partial charge >= 0.3 is 0 Å². The summed E-state index contributed by atoms with van der Waals surface area (Å²) in [6.45, 7) is 9.38. The second-order valence-electron chi connectivity index (χ2n) is 8.07. The summed E-state index contributed by atoms with van der Waals surface area (Å²) in [5.74, 6) is -2.09. The van der Waals surface area contributed by atoms with E-state index in [9.17, 15) is 17.2 Å². The second kappa shape index (κ2) is 7.31. The van der Waals surface area contributed by atoms with Crippen LogP contribution in [0, 0.1) is 12.4 Å². The van der Waals surface area contributed by atoms with Gasteiger partial charge in [-0.05, 0) is 43.0 Å². The summed E-state index contributed by atoms with van der Waals surface area (Å²) in [6.07, 6.45) is 3.33. The van der Waals surface area contributed by atoms with Gasteiger partial charge in [0.25, 0.3) is 5.00 Å². The largest absolute Gasteiger partial charge is 0.384 e. The maximum absolute atomic E-state index is 14.8. The van der Waals surface area contributed by atoms with E-state index >= 15 is 0 Å². The number of aromatic nitrogens is 2. The van der Waals surface area contributed by atoms with Crippen molar-refractivity contribution in [1.82, 2.24) is 9.97 Å². The lowest BCUT2D eigenvalue weighted by Crippen LogP contribution is -2.54. The van der Waals surface area contributed by atoms with Crippen LogP contribution in [0.15, 0.2) is 47.7 Å². The Kier molecular flexibility index (Phi) is 4.97. The molecule has 0 amide bonds. The van der Waals surface area contributed by atoms with E-state index in [1.165, 1.54) is 25.3 Å². The minimum absolute atomic E-state index is 0.000475. The SMILES string of the molecule is [C-]#[N+]c1cnc2c(Cc3ccc(F)c([C@]4(C)CS(=O)(=O)[C@@](C)(F)C(N)=N4)c3)nccc2c1. The molecule has 2 aromatic heterocycles. The lowest BCUT2D eigenvalue weighted by molar-refractivity contribution is 0.354. The van der Waals surface area contributed by atoms with E-state index in [-0.39, 0.29) is 12.0 Å². The molecule has 1 aliphatic rings. The molecule has 2 atom stereocenters. The summed E-state index contributed by atoms with van der Waals surface area (Å²) in [4.78, 5) is 16.1. The number of hydrogen-bond donors (Lipinski definition) is 1. The number of pyridine rings is 2. The van der Waals surface area contributed by atoms with Gasteiger partial charge in [0.05, 0.1) is 23.5 Å². The standard InChI is InChI=1S/C22H19F2N5O2S/c1-21(12-32(30,31)22(2,24)20(25)29-21)16-8-13(4-5-17(16)23)9-18-19-14(6-7-27-18)10-15(26-3)11-28-19/h4-8,10-11H,9,12H2,1-2H3,(H2,25,29)/t21-,22+/m0/s1. The fourth-order valence-electron chi connectivity index (χ4n) is 3.79. The number of aliphatic imine (C=N–C) groups is 1. The molecule has 4 rings (SSSR count). The Hall–Kier alpha value is -3.45. The van der Waals surface area contributed by atoms with Crippen molar-refractivity contribution in [3.05, 3.63) is 76.8 Å². The molecule has 0 saturated heterocycles. The highest BCUT2D eigenvalue weighted by atomic mass is 32.2. The van der Waals surface area contributed by atoms with Gasteiger partial charge in [-0.15, -0.1) is 0 Å². The first-order chi connectivity index (χ1) is 15.0. The normalized spacial score (nSPS) is 24.7. The van der Waals surface area contributed by atoms with E-state index < -0.39 is 37.8 Å². The van der Waals surface area contributed by atoms with Crippen LogP contribution < -0.4 is 5.73 Å². The predicted molar refractivity (Wildman–Crippen MR) is 117 cm³/mol. The minimum Gasteiger partial charge on any atom is -0.384 e. The molecule has 0 spiro atoms. The van der Waals surface area contributed by atoms with Crippen molar-refractivity contribution in [3.8, 4) is 0 Å². The number of benzene rings is 1. The van der Waals surface area contributed by atoms with Gasteiger partial charge in [-0.1, -0.05) is 12.1 Å². The number of sulfone groups is 1. The zero-order chi connectivity index (χ0) is 23.3. The Bertz CT molecular complexity index is 1430. The third-order valence-electron chi connectivity index (χ3n) is 5.65.